The van der Waals surface area contributed by atoms with Crippen LogP contribution in [0.1, 0.15) is 5.56 Å². The molecule has 1 saturated heterocycles. The molecule has 1 aliphatic heterocycles. The van der Waals surface area contributed by atoms with Gasteiger partial charge < -0.3 is 4.90 Å². The molecule has 128 valence electrons. The lowest BCUT2D eigenvalue weighted by molar-refractivity contribution is 0.385. The van der Waals surface area contributed by atoms with Crippen molar-refractivity contribution in [1.29, 1.82) is 0 Å². The summed E-state index contributed by atoms with van der Waals surface area (Å²) in [5.41, 5.74) is 2.08. The highest BCUT2D eigenvalue weighted by Crippen LogP contribution is 2.28. The molecule has 0 radical (unpaired) electrons. The number of piperazine rings is 1. The van der Waals surface area contributed by atoms with Crippen molar-refractivity contribution in [1.82, 2.24) is 4.31 Å². The van der Waals surface area contributed by atoms with E-state index in [-0.39, 0.29) is 4.90 Å². The topological polar surface area (TPSA) is 40.6 Å². The van der Waals surface area contributed by atoms with Crippen LogP contribution in [0.4, 0.5) is 5.69 Å². The van der Waals surface area contributed by atoms with E-state index in [2.05, 4.69) is 4.90 Å². The monoisotopic (exact) mass is 384 g/mol. The first-order valence-electron chi connectivity index (χ1n) is 7.65. The van der Waals surface area contributed by atoms with Crippen LogP contribution in [-0.2, 0) is 10.0 Å². The highest BCUT2D eigenvalue weighted by molar-refractivity contribution is 7.89. The highest BCUT2D eigenvalue weighted by Gasteiger charge is 2.29. The summed E-state index contributed by atoms with van der Waals surface area (Å²) in [5, 5.41) is 1.25. The minimum Gasteiger partial charge on any atom is -0.369 e. The van der Waals surface area contributed by atoms with Gasteiger partial charge in [0.25, 0.3) is 0 Å². The predicted molar refractivity (Wildman–Crippen MR) is 98.6 cm³/mol. The molecule has 2 aromatic carbocycles. The number of anilines is 1. The molecule has 3 rings (SSSR count). The normalized spacial score (nSPS) is 16.4. The average molecular weight is 385 g/mol. The predicted octanol–water partition coefficient (Wildman–Crippen LogP) is 3.81. The quantitative estimate of drug-likeness (QED) is 0.807. The molecule has 0 bridgehead atoms. The van der Waals surface area contributed by atoms with Gasteiger partial charge in [-0.25, -0.2) is 8.42 Å². The van der Waals surface area contributed by atoms with E-state index in [1.807, 2.05) is 25.1 Å². The zero-order chi connectivity index (χ0) is 17.3. The van der Waals surface area contributed by atoms with Crippen molar-refractivity contribution in [3.63, 3.8) is 0 Å². The molecular weight excluding hydrogens is 367 g/mol. The third-order valence-corrected chi connectivity index (χ3v) is 6.84. The Morgan fingerprint density at radius 1 is 0.917 bits per heavy atom. The van der Waals surface area contributed by atoms with Gasteiger partial charge in [0, 0.05) is 41.9 Å². The Labute approximate surface area is 152 Å². The van der Waals surface area contributed by atoms with E-state index >= 15 is 0 Å². The molecule has 0 saturated carbocycles. The Bertz CT molecular complexity index is 830. The average Bonchev–Trinajstić information content (AvgIpc) is 2.58. The molecule has 0 amide bonds. The molecule has 0 spiro atoms. The molecular formula is C17H18Cl2N2O2S. The van der Waals surface area contributed by atoms with Crippen LogP contribution in [0.25, 0.3) is 0 Å². The van der Waals surface area contributed by atoms with Crippen LogP contribution in [-0.4, -0.2) is 38.9 Å². The molecule has 24 heavy (non-hydrogen) atoms. The smallest absolute Gasteiger partial charge is 0.243 e. The Morgan fingerprint density at radius 2 is 1.54 bits per heavy atom. The SMILES string of the molecule is Cc1c(Cl)cccc1N1CCN(S(=O)(=O)c2ccc(Cl)cc2)CC1. The van der Waals surface area contributed by atoms with Gasteiger partial charge in [0.1, 0.15) is 0 Å². The van der Waals surface area contributed by atoms with Gasteiger partial charge in [-0.1, -0.05) is 29.3 Å². The van der Waals surface area contributed by atoms with E-state index in [0.717, 1.165) is 16.3 Å². The third-order valence-electron chi connectivity index (χ3n) is 4.27. The molecule has 1 aliphatic rings. The second-order valence-electron chi connectivity index (χ2n) is 5.73. The van der Waals surface area contributed by atoms with Crippen molar-refractivity contribution < 1.29 is 8.42 Å². The zero-order valence-corrected chi connectivity index (χ0v) is 15.6. The van der Waals surface area contributed by atoms with Crippen molar-refractivity contribution in [2.45, 2.75) is 11.8 Å². The van der Waals surface area contributed by atoms with E-state index < -0.39 is 10.0 Å². The van der Waals surface area contributed by atoms with Gasteiger partial charge in [0.2, 0.25) is 10.0 Å². The summed E-state index contributed by atoms with van der Waals surface area (Å²) in [6.07, 6.45) is 0. The van der Waals surface area contributed by atoms with Gasteiger partial charge in [-0.05, 0) is 48.9 Å². The zero-order valence-electron chi connectivity index (χ0n) is 13.2. The lowest BCUT2D eigenvalue weighted by Gasteiger charge is -2.36. The fourth-order valence-corrected chi connectivity index (χ4v) is 4.58. The van der Waals surface area contributed by atoms with Gasteiger partial charge in [-0.15, -0.1) is 0 Å². The molecule has 0 atom stereocenters. The van der Waals surface area contributed by atoms with E-state index in [0.29, 0.717) is 31.2 Å². The van der Waals surface area contributed by atoms with Gasteiger partial charge >= 0.3 is 0 Å². The Hall–Kier alpha value is -1.27. The fraction of sp³-hybridized carbons (Fsp3) is 0.294. The lowest BCUT2D eigenvalue weighted by Crippen LogP contribution is -2.48. The summed E-state index contributed by atoms with van der Waals surface area (Å²) in [6.45, 7) is 4.13. The molecule has 7 heteroatoms. The molecule has 2 aromatic rings. The Morgan fingerprint density at radius 3 is 2.17 bits per heavy atom. The first-order chi connectivity index (χ1) is 11.4. The molecule has 0 unspecified atom stereocenters. The largest absolute Gasteiger partial charge is 0.369 e. The number of rotatable bonds is 3. The van der Waals surface area contributed by atoms with Crippen molar-refractivity contribution >= 4 is 38.9 Å². The number of nitrogens with zero attached hydrogens (tertiary/aromatic N) is 2. The van der Waals surface area contributed by atoms with Crippen LogP contribution >= 0.6 is 23.2 Å². The lowest BCUT2D eigenvalue weighted by atomic mass is 10.1. The van der Waals surface area contributed by atoms with Crippen LogP contribution in [0, 0.1) is 6.92 Å². The highest BCUT2D eigenvalue weighted by atomic mass is 35.5. The number of benzene rings is 2. The third kappa shape index (κ3) is 3.40. The van der Waals surface area contributed by atoms with E-state index in [1.54, 1.807) is 24.3 Å². The summed E-state index contributed by atoms with van der Waals surface area (Å²) in [7, 11) is -3.48. The molecule has 1 heterocycles. The van der Waals surface area contributed by atoms with E-state index in [9.17, 15) is 8.42 Å². The summed E-state index contributed by atoms with van der Waals surface area (Å²) in [4.78, 5) is 2.45. The maximum atomic E-state index is 12.7. The first-order valence-corrected chi connectivity index (χ1v) is 9.85. The minimum atomic E-state index is -3.48. The van der Waals surface area contributed by atoms with Gasteiger partial charge in [0.15, 0.2) is 0 Å². The van der Waals surface area contributed by atoms with Crippen molar-refractivity contribution in [3.05, 3.63) is 58.1 Å². The molecule has 0 N–H and O–H groups in total. The number of hydrogen-bond donors (Lipinski definition) is 0. The Balaban J connectivity index is 1.75. The number of hydrogen-bond acceptors (Lipinski definition) is 3. The van der Waals surface area contributed by atoms with Crippen LogP contribution in [0.5, 0.6) is 0 Å². The standard InChI is InChI=1S/C17H18Cl2N2O2S/c1-13-16(19)3-2-4-17(13)20-9-11-21(12-10-20)24(22,23)15-7-5-14(18)6-8-15/h2-8H,9-12H2,1H3. The number of sulfonamides is 1. The van der Waals surface area contributed by atoms with Crippen molar-refractivity contribution in [2.24, 2.45) is 0 Å². The van der Waals surface area contributed by atoms with Gasteiger partial charge in [-0.3, -0.25) is 0 Å². The minimum absolute atomic E-state index is 0.277. The van der Waals surface area contributed by atoms with Crippen LogP contribution in [0.15, 0.2) is 47.4 Å². The molecule has 0 aromatic heterocycles. The van der Waals surface area contributed by atoms with Crippen LogP contribution in [0.3, 0.4) is 0 Å². The maximum Gasteiger partial charge on any atom is 0.243 e. The summed E-state index contributed by atoms with van der Waals surface area (Å²) >= 11 is 12.0. The molecule has 0 aliphatic carbocycles. The maximum absolute atomic E-state index is 12.7. The second-order valence-corrected chi connectivity index (χ2v) is 8.51. The number of halogens is 2. The van der Waals surface area contributed by atoms with Crippen LogP contribution in [0.2, 0.25) is 10.0 Å². The summed E-state index contributed by atoms with van der Waals surface area (Å²) in [5.74, 6) is 0. The second kappa shape index (κ2) is 6.92. The van der Waals surface area contributed by atoms with Crippen molar-refractivity contribution in [3.8, 4) is 0 Å². The van der Waals surface area contributed by atoms with E-state index in [1.165, 1.54) is 4.31 Å². The fourth-order valence-electron chi connectivity index (χ4n) is 2.86. The first kappa shape index (κ1) is 17.5. The van der Waals surface area contributed by atoms with Crippen molar-refractivity contribution in [2.75, 3.05) is 31.1 Å². The van der Waals surface area contributed by atoms with Gasteiger partial charge in [-0.2, -0.15) is 4.31 Å². The summed E-state index contributed by atoms with van der Waals surface area (Å²) < 4.78 is 26.9. The molecule has 4 nitrogen and oxygen atoms in total. The molecule has 1 fully saturated rings. The van der Waals surface area contributed by atoms with E-state index in [4.69, 9.17) is 23.2 Å². The van der Waals surface area contributed by atoms with Gasteiger partial charge in [0.05, 0.1) is 4.90 Å². The Kier molecular flexibility index (Phi) is 5.06. The van der Waals surface area contributed by atoms with Crippen LogP contribution < -0.4 is 4.90 Å². The summed E-state index contributed by atoms with van der Waals surface area (Å²) in [6, 6.07) is 12.1.